The molecule has 0 radical (unpaired) electrons. The number of phenols is 2. The summed E-state index contributed by atoms with van der Waals surface area (Å²) in [5, 5.41) is 50.2. The zero-order valence-corrected chi connectivity index (χ0v) is 36.0. The van der Waals surface area contributed by atoms with E-state index in [2.05, 4.69) is 15.1 Å². The number of Topliss-reactive ketones (excluding diaryl/α,β-unsaturated/α-hetero) is 1. The van der Waals surface area contributed by atoms with Gasteiger partial charge in [-0.3, -0.25) is 14.4 Å². The maximum absolute atomic E-state index is 14.6. The number of esters is 1. The van der Waals surface area contributed by atoms with Gasteiger partial charge >= 0.3 is 11.8 Å². The van der Waals surface area contributed by atoms with Gasteiger partial charge < -0.3 is 54.5 Å². The van der Waals surface area contributed by atoms with Gasteiger partial charge in [-0.25, -0.2) is 4.98 Å². The minimum atomic E-state index is -1.94. The zero-order chi connectivity index (χ0) is 43.2. The molecule has 320 valence electrons. The minimum Gasteiger partial charge on any atom is -0.507 e. The molecule has 1 saturated heterocycles. The second-order valence-electron chi connectivity index (χ2n) is 16.3. The van der Waals surface area contributed by atoms with Gasteiger partial charge in [0.2, 0.25) is 0 Å². The summed E-state index contributed by atoms with van der Waals surface area (Å²) in [6.07, 6.45) is 3.98. The molecule has 3 aromatic rings. The van der Waals surface area contributed by atoms with E-state index < -0.39 is 77.3 Å². The molecule has 6 rings (SSSR count). The highest BCUT2D eigenvalue weighted by molar-refractivity contribution is 7.23. The van der Waals surface area contributed by atoms with Crippen LogP contribution < -0.4 is 15.0 Å². The van der Waals surface area contributed by atoms with Crippen molar-refractivity contribution in [2.24, 2.45) is 23.7 Å². The van der Waals surface area contributed by atoms with Crippen molar-refractivity contribution in [2.45, 2.75) is 85.6 Å². The van der Waals surface area contributed by atoms with Gasteiger partial charge in [-0.05, 0) is 27.0 Å². The molecule has 4 bridgehead atoms. The van der Waals surface area contributed by atoms with E-state index >= 15 is 0 Å². The van der Waals surface area contributed by atoms with Gasteiger partial charge in [0, 0.05) is 87.3 Å². The number of phenolic OH excluding ortho intramolecular Hbond substituents is 2. The number of nitrogens with one attached hydrogen (secondary N) is 1. The first-order valence-corrected chi connectivity index (χ1v) is 20.7. The summed E-state index contributed by atoms with van der Waals surface area (Å²) in [6, 6.07) is 0. The van der Waals surface area contributed by atoms with E-state index in [0.717, 1.165) is 13.1 Å². The maximum Gasteiger partial charge on any atom is 0.312 e. The molecule has 9 atom stereocenters. The third-order valence-electron chi connectivity index (χ3n) is 12.1. The molecule has 15 nitrogen and oxygen atoms in total. The van der Waals surface area contributed by atoms with Crippen molar-refractivity contribution in [2.75, 3.05) is 50.6 Å². The Hall–Kier alpha value is -4.74. The highest BCUT2D eigenvalue weighted by atomic mass is 32.1. The average molecular weight is 837 g/mol. The van der Waals surface area contributed by atoms with Crippen molar-refractivity contribution in [3.05, 3.63) is 47.3 Å². The topological polar surface area (TPSA) is 200 Å². The molecule has 0 saturated carbocycles. The van der Waals surface area contributed by atoms with E-state index in [1.807, 2.05) is 7.05 Å². The Morgan fingerprint density at radius 2 is 1.66 bits per heavy atom. The quantitative estimate of drug-likeness (QED) is 0.166. The third-order valence-corrected chi connectivity index (χ3v) is 13.3. The smallest absolute Gasteiger partial charge is 0.312 e. The van der Waals surface area contributed by atoms with Crippen molar-refractivity contribution in [1.82, 2.24) is 9.88 Å². The first-order chi connectivity index (χ1) is 27.8. The number of thiazole rings is 1. The Labute approximate surface area is 347 Å². The number of nitrogens with zero attached hydrogens (tertiary/aromatic N) is 3. The predicted molar refractivity (Wildman–Crippen MR) is 225 cm³/mol. The Morgan fingerprint density at radius 1 is 0.983 bits per heavy atom. The highest BCUT2D eigenvalue weighted by Gasteiger charge is 2.50. The van der Waals surface area contributed by atoms with E-state index in [1.54, 1.807) is 65.8 Å². The first-order valence-electron chi connectivity index (χ1n) is 19.9. The molecule has 5 N–H and O–H groups in total. The fourth-order valence-electron chi connectivity index (χ4n) is 8.24. The predicted octanol–water partition coefficient (Wildman–Crippen LogP) is 5.41. The second-order valence-corrected chi connectivity index (χ2v) is 17.3. The normalized spacial score (nSPS) is 32.1. The first kappa shape index (κ1) is 43.8. The van der Waals surface area contributed by atoms with Crippen LogP contribution in [0.3, 0.4) is 0 Å². The van der Waals surface area contributed by atoms with Crippen molar-refractivity contribution in [3.8, 4) is 17.2 Å². The number of likely N-dealkylation sites (N-methyl/N-ethyl adjacent to an activating group) is 1. The third kappa shape index (κ3) is 8.12. The van der Waals surface area contributed by atoms with Crippen molar-refractivity contribution < 1.29 is 53.8 Å². The lowest BCUT2D eigenvalue weighted by Crippen LogP contribution is -2.46. The van der Waals surface area contributed by atoms with E-state index in [1.165, 1.54) is 38.6 Å². The molecule has 3 aliphatic heterocycles. The van der Waals surface area contributed by atoms with Crippen LogP contribution in [0.25, 0.3) is 21.0 Å². The molecule has 0 aliphatic carbocycles. The number of amides is 1. The number of aromatic hydroxyl groups is 2. The largest absolute Gasteiger partial charge is 0.507 e. The van der Waals surface area contributed by atoms with Gasteiger partial charge in [0.05, 0.1) is 45.7 Å². The van der Waals surface area contributed by atoms with Gasteiger partial charge in [0.1, 0.15) is 23.3 Å². The number of methoxy groups -OCH3 is 1. The Kier molecular flexibility index (Phi) is 12.7. The van der Waals surface area contributed by atoms with E-state index in [-0.39, 0.29) is 50.2 Å². The maximum atomic E-state index is 14.6. The van der Waals surface area contributed by atoms with Crippen LogP contribution in [0.2, 0.25) is 0 Å². The van der Waals surface area contributed by atoms with Crippen molar-refractivity contribution in [1.29, 1.82) is 0 Å². The summed E-state index contributed by atoms with van der Waals surface area (Å²) >= 11 is 1.25. The van der Waals surface area contributed by atoms with Crippen LogP contribution in [-0.4, -0.2) is 119 Å². The average Bonchev–Trinajstić information content (AvgIpc) is 3.76. The summed E-state index contributed by atoms with van der Waals surface area (Å²) < 4.78 is 24.3. The number of benzene rings is 2. The van der Waals surface area contributed by atoms with Gasteiger partial charge in [0.15, 0.2) is 10.9 Å². The molecule has 1 amide bonds. The van der Waals surface area contributed by atoms with Crippen molar-refractivity contribution in [3.63, 3.8) is 0 Å². The number of aromatic nitrogens is 1. The molecule has 0 spiro atoms. The lowest BCUT2D eigenvalue weighted by molar-refractivity contribution is -0.160. The van der Waals surface area contributed by atoms with Gasteiger partial charge in [-0.1, -0.05) is 57.3 Å². The number of ketones is 1. The Balaban J connectivity index is 1.54. The molecule has 3 aliphatic rings. The summed E-state index contributed by atoms with van der Waals surface area (Å²) in [5.74, 6) is -6.77. The van der Waals surface area contributed by atoms with Crippen LogP contribution in [0, 0.1) is 30.6 Å². The molecule has 2 aromatic carbocycles. The van der Waals surface area contributed by atoms with E-state index in [4.69, 9.17) is 23.9 Å². The van der Waals surface area contributed by atoms with Gasteiger partial charge in [0.25, 0.3) is 11.7 Å². The van der Waals surface area contributed by atoms with Gasteiger partial charge in [-0.2, -0.15) is 0 Å². The number of anilines is 2. The molecular weight excluding hydrogens is 781 g/mol. The minimum absolute atomic E-state index is 0.0250. The van der Waals surface area contributed by atoms with E-state index in [0.29, 0.717) is 22.9 Å². The number of aliphatic hydroxyl groups excluding tert-OH is 2. The van der Waals surface area contributed by atoms with Gasteiger partial charge in [-0.15, -0.1) is 0 Å². The van der Waals surface area contributed by atoms with Crippen molar-refractivity contribution >= 4 is 60.8 Å². The SMILES string of the molecule is CO[C@@H]1/C=C/O[C@@]2(C)Oc3c(C)c(O)c4c(O)c(c5sc(N6CCN(C)CC6)nc5c4c3C2=O)NC(=O)/C(C)=C\C=C\[C@H](C)[C@H](O)[C@@H](C)[C@@H](O)[C@@H](C)[C@H](OC(C)=O)[C@@H]1C. The Bertz CT molecular complexity index is 2230. The number of rotatable bonds is 3. The van der Waals surface area contributed by atoms with Crippen LogP contribution in [0.5, 0.6) is 17.2 Å². The lowest BCUT2D eigenvalue weighted by atomic mass is 9.78. The molecule has 16 heteroatoms. The number of aliphatic hydroxyl groups is 2. The zero-order valence-electron chi connectivity index (χ0n) is 35.2. The molecular formula is C43H56N4O11S. The monoisotopic (exact) mass is 836 g/mol. The summed E-state index contributed by atoms with van der Waals surface area (Å²) in [6.45, 7) is 15.8. The highest BCUT2D eigenvalue weighted by Crippen LogP contribution is 2.55. The number of carbonyl (C=O) groups is 3. The fraction of sp³-hybridized carbons (Fsp3) is 0.535. The number of hydrogen-bond acceptors (Lipinski definition) is 15. The number of hydrogen-bond donors (Lipinski definition) is 5. The molecule has 59 heavy (non-hydrogen) atoms. The molecule has 4 heterocycles. The van der Waals surface area contributed by atoms with Crippen LogP contribution >= 0.6 is 11.3 Å². The number of piperazine rings is 1. The molecule has 0 unspecified atom stereocenters. The summed E-state index contributed by atoms with van der Waals surface area (Å²) in [5.41, 5.74) is 0.785. The second kappa shape index (κ2) is 17.1. The number of carbonyl (C=O) groups excluding carboxylic acids is 3. The van der Waals surface area contributed by atoms with Crippen LogP contribution in [0.1, 0.15) is 64.4 Å². The lowest BCUT2D eigenvalue weighted by Gasteiger charge is -2.38. The number of ether oxygens (including phenoxy) is 4. The molecule has 1 aromatic heterocycles. The summed E-state index contributed by atoms with van der Waals surface area (Å²) in [7, 11) is 3.50. The fourth-order valence-corrected chi connectivity index (χ4v) is 9.37. The molecule has 1 fully saturated rings. The van der Waals surface area contributed by atoms with E-state index in [9.17, 15) is 34.8 Å². The standard InChI is InChI=1S/C43H56N4O11S/c1-20-12-11-13-21(2)41(54)44-32-36(52)29-28(31-39(32)59-42(45-31)47-17-15-46(9)16-18-47)30-38(25(6)35(29)51)58-43(8,40(30)53)56-19-14-27(55-10)22(3)37(57-26(7)48)24(5)34(50)23(4)33(20)49/h11-14,19-20,22-24,27,33-34,37,49-52H,15-18H2,1-10H3,(H,44,54)/b12-11+,19-14+,21-13-/t20-,22+,23+,24+,27+,33-,34+,37+,43-/m0/s1. The van der Waals surface area contributed by atoms with Crippen LogP contribution in [-0.2, 0) is 23.8 Å². The van der Waals surface area contributed by atoms with Crippen LogP contribution in [0.15, 0.2) is 36.1 Å². The Morgan fingerprint density at radius 3 is 2.31 bits per heavy atom. The number of fused-ring (bicyclic) bond motifs is 1. The number of allylic oxidation sites excluding steroid dienone is 2. The van der Waals surface area contributed by atoms with Crippen LogP contribution in [0.4, 0.5) is 10.8 Å². The summed E-state index contributed by atoms with van der Waals surface area (Å²) in [4.78, 5) is 50.1.